The lowest BCUT2D eigenvalue weighted by Gasteiger charge is -2.23. The van der Waals surface area contributed by atoms with Crippen LogP contribution in [0.2, 0.25) is 10.0 Å². The normalized spacial score (nSPS) is 11.3. The number of hydrogen-bond donors (Lipinski definition) is 2. The van der Waals surface area contributed by atoms with Gasteiger partial charge in [0.25, 0.3) is 0 Å². The number of halogens is 2. The second-order valence-electron chi connectivity index (χ2n) is 10.2. The Labute approximate surface area is 240 Å². The van der Waals surface area contributed by atoms with E-state index in [0.29, 0.717) is 40.4 Å². The maximum atomic E-state index is 13.3. The SMILES string of the molecule is CCCCCN(CC(=O)Nc1cc(C(C)(C)C)nn1-c1ccc(Cl)c(Cl)c1)C(=O)Nc1ccc(OCC)cc1. The third-order valence-electron chi connectivity index (χ3n) is 5.96. The van der Waals surface area contributed by atoms with E-state index in [9.17, 15) is 9.59 Å². The Kier molecular flexibility index (Phi) is 10.7. The monoisotopic (exact) mass is 573 g/mol. The van der Waals surface area contributed by atoms with Crippen molar-refractivity contribution in [2.24, 2.45) is 0 Å². The van der Waals surface area contributed by atoms with Crippen molar-refractivity contribution < 1.29 is 14.3 Å². The zero-order chi connectivity index (χ0) is 28.6. The van der Waals surface area contributed by atoms with Gasteiger partial charge in [-0.25, -0.2) is 9.48 Å². The first-order chi connectivity index (χ1) is 18.5. The van der Waals surface area contributed by atoms with E-state index < -0.39 is 0 Å². The minimum absolute atomic E-state index is 0.121. The lowest BCUT2D eigenvalue weighted by Crippen LogP contribution is -2.41. The number of nitrogens with one attached hydrogen (secondary N) is 2. The van der Waals surface area contributed by atoms with Gasteiger partial charge in [-0.1, -0.05) is 63.7 Å². The number of anilines is 2. The molecule has 0 fully saturated rings. The molecule has 3 aromatic rings. The van der Waals surface area contributed by atoms with E-state index in [1.165, 1.54) is 4.90 Å². The van der Waals surface area contributed by atoms with Gasteiger partial charge < -0.3 is 20.3 Å². The summed E-state index contributed by atoms with van der Waals surface area (Å²) in [6.07, 6.45) is 2.74. The molecular formula is C29H37Cl2N5O3. The van der Waals surface area contributed by atoms with Gasteiger partial charge in [0.15, 0.2) is 0 Å². The Hall–Kier alpha value is -3.23. The van der Waals surface area contributed by atoms with Crippen molar-refractivity contribution in [3.63, 3.8) is 0 Å². The number of urea groups is 1. The second kappa shape index (κ2) is 13.7. The number of hydrogen-bond acceptors (Lipinski definition) is 4. The number of amides is 3. The highest BCUT2D eigenvalue weighted by Gasteiger charge is 2.23. The van der Waals surface area contributed by atoms with Gasteiger partial charge in [0.2, 0.25) is 5.91 Å². The van der Waals surface area contributed by atoms with Crippen LogP contribution in [0, 0.1) is 0 Å². The van der Waals surface area contributed by atoms with Crippen molar-refractivity contribution in [3.8, 4) is 11.4 Å². The fourth-order valence-corrected chi connectivity index (χ4v) is 4.11. The fraction of sp³-hybridized carbons (Fsp3) is 0.414. The standard InChI is InChI=1S/C29H37Cl2N5O3/c1-6-8-9-16-35(28(38)32-20-10-13-22(14-11-20)39-7-2)19-27(37)33-26-18-25(29(3,4)5)34-36(26)21-12-15-23(30)24(31)17-21/h10-15,17-18H,6-9,16,19H2,1-5H3,(H,32,38)(H,33,37). The van der Waals surface area contributed by atoms with Crippen LogP contribution in [0.25, 0.3) is 5.69 Å². The highest BCUT2D eigenvalue weighted by Crippen LogP contribution is 2.29. The molecule has 0 aliphatic carbocycles. The van der Waals surface area contributed by atoms with Crippen molar-refractivity contribution in [1.29, 1.82) is 0 Å². The van der Waals surface area contributed by atoms with Crippen molar-refractivity contribution in [1.82, 2.24) is 14.7 Å². The Morgan fingerprint density at radius 2 is 1.69 bits per heavy atom. The van der Waals surface area contributed by atoms with E-state index in [4.69, 9.17) is 33.0 Å². The molecule has 1 heterocycles. The van der Waals surface area contributed by atoms with E-state index in [1.54, 1.807) is 47.1 Å². The summed E-state index contributed by atoms with van der Waals surface area (Å²) in [5.74, 6) is 0.863. The van der Waals surface area contributed by atoms with E-state index in [1.807, 2.05) is 33.8 Å². The minimum Gasteiger partial charge on any atom is -0.494 e. The molecule has 1 aromatic heterocycles. The molecule has 0 spiro atoms. The Bertz CT molecular complexity index is 1270. The number of unbranched alkanes of at least 4 members (excludes halogenated alkanes) is 2. The molecule has 0 saturated heterocycles. The first-order valence-corrected chi connectivity index (χ1v) is 13.9. The van der Waals surface area contributed by atoms with Crippen molar-refractivity contribution in [3.05, 3.63) is 64.3 Å². The van der Waals surface area contributed by atoms with Crippen molar-refractivity contribution in [2.45, 2.75) is 59.3 Å². The van der Waals surface area contributed by atoms with Crippen LogP contribution >= 0.6 is 23.2 Å². The molecule has 39 heavy (non-hydrogen) atoms. The number of rotatable bonds is 11. The molecular weight excluding hydrogens is 537 g/mol. The van der Waals surface area contributed by atoms with Gasteiger partial charge in [-0.15, -0.1) is 0 Å². The second-order valence-corrected chi connectivity index (χ2v) is 11.1. The summed E-state index contributed by atoms with van der Waals surface area (Å²) in [5, 5.41) is 11.4. The van der Waals surface area contributed by atoms with Crippen LogP contribution in [-0.2, 0) is 10.2 Å². The molecule has 3 rings (SSSR count). The van der Waals surface area contributed by atoms with Crippen LogP contribution in [-0.4, -0.2) is 46.3 Å². The molecule has 0 bridgehead atoms. The number of benzene rings is 2. The Morgan fingerprint density at radius 3 is 2.31 bits per heavy atom. The van der Waals surface area contributed by atoms with Crippen LogP contribution in [0.5, 0.6) is 5.75 Å². The Morgan fingerprint density at radius 1 is 0.974 bits per heavy atom. The third kappa shape index (κ3) is 8.63. The number of ether oxygens (including phenoxy) is 1. The van der Waals surface area contributed by atoms with Gasteiger partial charge in [-0.2, -0.15) is 5.10 Å². The maximum Gasteiger partial charge on any atom is 0.322 e. The summed E-state index contributed by atoms with van der Waals surface area (Å²) in [4.78, 5) is 27.9. The average molecular weight is 575 g/mol. The van der Waals surface area contributed by atoms with E-state index in [-0.39, 0.29) is 23.9 Å². The molecule has 0 unspecified atom stereocenters. The first-order valence-electron chi connectivity index (χ1n) is 13.2. The highest BCUT2D eigenvalue weighted by molar-refractivity contribution is 6.42. The summed E-state index contributed by atoms with van der Waals surface area (Å²) < 4.78 is 7.09. The molecule has 8 nitrogen and oxygen atoms in total. The minimum atomic E-state index is -0.348. The van der Waals surface area contributed by atoms with Gasteiger partial charge in [0.05, 0.1) is 28.0 Å². The van der Waals surface area contributed by atoms with E-state index in [0.717, 1.165) is 30.7 Å². The zero-order valence-corrected chi connectivity index (χ0v) is 24.7. The number of aromatic nitrogens is 2. The largest absolute Gasteiger partial charge is 0.494 e. The summed E-state index contributed by atoms with van der Waals surface area (Å²) in [5.41, 5.74) is 1.81. The van der Waals surface area contributed by atoms with Crippen LogP contribution in [0.3, 0.4) is 0 Å². The Balaban J connectivity index is 1.79. The average Bonchev–Trinajstić information content (AvgIpc) is 3.31. The van der Waals surface area contributed by atoms with E-state index in [2.05, 4.69) is 17.6 Å². The van der Waals surface area contributed by atoms with Gasteiger partial charge in [-0.3, -0.25) is 4.79 Å². The number of nitrogens with zero attached hydrogens (tertiary/aromatic N) is 3. The fourth-order valence-electron chi connectivity index (χ4n) is 3.81. The smallest absolute Gasteiger partial charge is 0.322 e. The quantitative estimate of drug-likeness (QED) is 0.232. The molecule has 2 aromatic carbocycles. The maximum absolute atomic E-state index is 13.3. The molecule has 0 atom stereocenters. The van der Waals surface area contributed by atoms with Gasteiger partial charge >= 0.3 is 6.03 Å². The third-order valence-corrected chi connectivity index (χ3v) is 6.70. The van der Waals surface area contributed by atoms with Crippen molar-refractivity contribution >= 4 is 46.6 Å². The van der Waals surface area contributed by atoms with Crippen LogP contribution in [0.1, 0.15) is 59.6 Å². The van der Waals surface area contributed by atoms with Gasteiger partial charge in [0.1, 0.15) is 18.1 Å². The molecule has 0 aliphatic rings. The lowest BCUT2D eigenvalue weighted by atomic mass is 9.92. The van der Waals surface area contributed by atoms with Gasteiger partial charge in [-0.05, 0) is 55.8 Å². The van der Waals surface area contributed by atoms with Crippen LogP contribution in [0.15, 0.2) is 48.5 Å². The number of carbonyl (C=O) groups excluding carboxylic acids is 2. The summed E-state index contributed by atoms with van der Waals surface area (Å²) in [6.45, 7) is 11.0. The molecule has 2 N–H and O–H groups in total. The predicted octanol–water partition coefficient (Wildman–Crippen LogP) is 7.54. The summed E-state index contributed by atoms with van der Waals surface area (Å²) in [7, 11) is 0. The summed E-state index contributed by atoms with van der Waals surface area (Å²) in [6, 6.07) is 13.8. The topological polar surface area (TPSA) is 88.5 Å². The summed E-state index contributed by atoms with van der Waals surface area (Å²) >= 11 is 12.4. The lowest BCUT2D eigenvalue weighted by molar-refractivity contribution is -0.116. The van der Waals surface area contributed by atoms with Crippen LogP contribution < -0.4 is 15.4 Å². The molecule has 210 valence electrons. The van der Waals surface area contributed by atoms with Gasteiger partial charge in [0, 0.05) is 23.7 Å². The van der Waals surface area contributed by atoms with E-state index >= 15 is 0 Å². The van der Waals surface area contributed by atoms with Crippen LogP contribution in [0.4, 0.5) is 16.3 Å². The molecule has 3 amide bonds. The first kappa shape index (κ1) is 30.3. The molecule has 0 aliphatic heterocycles. The number of carbonyl (C=O) groups is 2. The van der Waals surface area contributed by atoms with Crippen molar-refractivity contribution in [2.75, 3.05) is 30.3 Å². The highest BCUT2D eigenvalue weighted by atomic mass is 35.5. The predicted molar refractivity (Wildman–Crippen MR) is 159 cm³/mol. The molecule has 0 saturated carbocycles. The molecule has 0 radical (unpaired) electrons. The molecule has 10 heteroatoms. The zero-order valence-electron chi connectivity index (χ0n) is 23.2.